The molecule has 21 heavy (non-hydrogen) atoms. The molecule has 1 aliphatic carbocycles. The van der Waals surface area contributed by atoms with Gasteiger partial charge in [0.15, 0.2) is 0 Å². The maximum atomic E-state index is 9.43. The number of fused-ring (bicyclic) bond motifs is 2. The summed E-state index contributed by atoms with van der Waals surface area (Å²) in [5, 5.41) is 10.6. The SMILES string of the molecule is OCc1cccc2c1ccn2Cc1ccc2c(c1)CCC2. The molecule has 2 aromatic carbocycles. The van der Waals surface area contributed by atoms with Gasteiger partial charge in [-0.2, -0.15) is 0 Å². The Balaban J connectivity index is 1.71. The van der Waals surface area contributed by atoms with Crippen LogP contribution in [0.15, 0.2) is 48.7 Å². The predicted molar refractivity (Wildman–Crippen MR) is 85.4 cm³/mol. The summed E-state index contributed by atoms with van der Waals surface area (Å²) in [5.74, 6) is 0. The molecule has 0 unspecified atom stereocenters. The van der Waals surface area contributed by atoms with E-state index in [-0.39, 0.29) is 6.61 Å². The van der Waals surface area contributed by atoms with Crippen LogP contribution in [0.4, 0.5) is 0 Å². The molecule has 0 radical (unpaired) electrons. The van der Waals surface area contributed by atoms with E-state index in [0.29, 0.717) is 0 Å². The first kappa shape index (κ1) is 12.7. The normalized spacial score (nSPS) is 13.8. The minimum atomic E-state index is 0.0974. The molecule has 2 heteroatoms. The van der Waals surface area contributed by atoms with Crippen LogP contribution in [-0.2, 0) is 26.0 Å². The average Bonchev–Trinajstić information content (AvgIpc) is 3.13. The molecule has 2 nitrogen and oxygen atoms in total. The first-order valence-corrected chi connectivity index (χ1v) is 7.63. The van der Waals surface area contributed by atoms with Gasteiger partial charge in [0.2, 0.25) is 0 Å². The molecular weight excluding hydrogens is 258 g/mol. The second-order valence-electron chi connectivity index (χ2n) is 5.91. The second kappa shape index (κ2) is 5.05. The minimum Gasteiger partial charge on any atom is -0.392 e. The monoisotopic (exact) mass is 277 g/mol. The van der Waals surface area contributed by atoms with Crippen LogP contribution in [0.1, 0.15) is 28.7 Å². The van der Waals surface area contributed by atoms with Crippen LogP contribution in [0.25, 0.3) is 10.9 Å². The first-order valence-electron chi connectivity index (χ1n) is 7.63. The number of nitrogens with zero attached hydrogens (tertiary/aromatic N) is 1. The molecule has 4 rings (SSSR count). The van der Waals surface area contributed by atoms with Crippen molar-refractivity contribution in [3.63, 3.8) is 0 Å². The molecule has 1 aromatic heterocycles. The molecule has 0 fully saturated rings. The van der Waals surface area contributed by atoms with E-state index >= 15 is 0 Å². The minimum absolute atomic E-state index is 0.0974. The molecule has 0 spiro atoms. The highest BCUT2D eigenvalue weighted by Crippen LogP contribution is 2.25. The second-order valence-corrected chi connectivity index (χ2v) is 5.91. The summed E-state index contributed by atoms with van der Waals surface area (Å²) in [7, 11) is 0. The van der Waals surface area contributed by atoms with E-state index < -0.39 is 0 Å². The summed E-state index contributed by atoms with van der Waals surface area (Å²) in [6, 6.07) is 15.2. The number of aryl methyl sites for hydroxylation is 2. The van der Waals surface area contributed by atoms with E-state index in [9.17, 15) is 5.11 Å². The Kier molecular flexibility index (Phi) is 3.04. The summed E-state index contributed by atoms with van der Waals surface area (Å²) >= 11 is 0. The van der Waals surface area contributed by atoms with Crippen LogP contribution < -0.4 is 0 Å². The lowest BCUT2D eigenvalue weighted by molar-refractivity contribution is 0.283. The highest BCUT2D eigenvalue weighted by atomic mass is 16.3. The highest BCUT2D eigenvalue weighted by molar-refractivity contribution is 5.83. The number of aliphatic hydroxyl groups excluding tert-OH is 1. The van der Waals surface area contributed by atoms with Gasteiger partial charge in [0.1, 0.15) is 0 Å². The van der Waals surface area contributed by atoms with Crippen LogP contribution in [0.5, 0.6) is 0 Å². The maximum absolute atomic E-state index is 9.43. The highest BCUT2D eigenvalue weighted by Gasteiger charge is 2.11. The Morgan fingerprint density at radius 2 is 1.90 bits per heavy atom. The first-order chi connectivity index (χ1) is 10.3. The maximum Gasteiger partial charge on any atom is 0.0688 e. The Bertz CT molecular complexity index is 800. The lowest BCUT2D eigenvalue weighted by Crippen LogP contribution is -1.99. The van der Waals surface area contributed by atoms with Gasteiger partial charge in [-0.1, -0.05) is 30.3 Å². The number of hydrogen-bond donors (Lipinski definition) is 1. The van der Waals surface area contributed by atoms with E-state index in [1.165, 1.54) is 41.5 Å². The van der Waals surface area contributed by atoms with E-state index in [0.717, 1.165) is 17.5 Å². The van der Waals surface area contributed by atoms with Crippen molar-refractivity contribution < 1.29 is 5.11 Å². The van der Waals surface area contributed by atoms with Gasteiger partial charge in [0, 0.05) is 23.6 Å². The van der Waals surface area contributed by atoms with Crippen molar-refractivity contribution in [3.05, 3.63) is 70.9 Å². The lowest BCUT2D eigenvalue weighted by atomic mass is 10.1. The van der Waals surface area contributed by atoms with Crippen LogP contribution in [0, 0.1) is 0 Å². The Morgan fingerprint density at radius 1 is 1.00 bits per heavy atom. The molecule has 106 valence electrons. The van der Waals surface area contributed by atoms with Crippen molar-refractivity contribution >= 4 is 10.9 Å². The Hall–Kier alpha value is -2.06. The van der Waals surface area contributed by atoms with Gasteiger partial charge in [-0.05, 0) is 53.6 Å². The molecule has 0 saturated heterocycles. The predicted octanol–water partition coefficient (Wildman–Crippen LogP) is 3.67. The van der Waals surface area contributed by atoms with Crippen molar-refractivity contribution in [1.29, 1.82) is 0 Å². The third-order valence-electron chi connectivity index (χ3n) is 4.59. The van der Waals surface area contributed by atoms with Crippen LogP contribution >= 0.6 is 0 Å². The number of aliphatic hydroxyl groups is 1. The molecule has 1 aliphatic rings. The van der Waals surface area contributed by atoms with Crippen LogP contribution in [-0.4, -0.2) is 9.67 Å². The molecule has 3 aromatic rings. The molecule has 0 aliphatic heterocycles. The standard InChI is InChI=1S/C19H19NO/c21-13-17-5-2-6-19-18(17)9-10-20(19)12-14-7-8-15-3-1-4-16(15)11-14/h2,5-11,21H,1,3-4,12-13H2. The molecule has 0 amide bonds. The molecule has 0 atom stereocenters. The Labute approximate surface area is 124 Å². The van der Waals surface area contributed by atoms with Gasteiger partial charge >= 0.3 is 0 Å². The molecular formula is C19H19NO. The van der Waals surface area contributed by atoms with E-state index in [1.54, 1.807) is 0 Å². The van der Waals surface area contributed by atoms with Gasteiger partial charge in [-0.25, -0.2) is 0 Å². The van der Waals surface area contributed by atoms with Crippen molar-refractivity contribution in [1.82, 2.24) is 4.57 Å². The molecule has 1 N–H and O–H groups in total. The zero-order valence-electron chi connectivity index (χ0n) is 12.0. The fourth-order valence-electron chi connectivity index (χ4n) is 3.48. The number of benzene rings is 2. The van der Waals surface area contributed by atoms with Crippen LogP contribution in [0.2, 0.25) is 0 Å². The largest absolute Gasteiger partial charge is 0.392 e. The number of hydrogen-bond acceptors (Lipinski definition) is 1. The average molecular weight is 277 g/mol. The number of aromatic nitrogens is 1. The lowest BCUT2D eigenvalue weighted by Gasteiger charge is -2.09. The third kappa shape index (κ3) is 2.16. The zero-order chi connectivity index (χ0) is 14.2. The van der Waals surface area contributed by atoms with Gasteiger partial charge in [0.05, 0.1) is 6.61 Å². The smallest absolute Gasteiger partial charge is 0.0688 e. The van der Waals surface area contributed by atoms with Crippen LogP contribution in [0.3, 0.4) is 0 Å². The van der Waals surface area contributed by atoms with E-state index in [1.807, 2.05) is 12.1 Å². The summed E-state index contributed by atoms with van der Waals surface area (Å²) in [6.07, 6.45) is 5.88. The zero-order valence-corrected chi connectivity index (χ0v) is 12.0. The Morgan fingerprint density at radius 3 is 2.81 bits per heavy atom. The van der Waals surface area contributed by atoms with E-state index in [4.69, 9.17) is 0 Å². The molecule has 0 bridgehead atoms. The summed E-state index contributed by atoms with van der Waals surface area (Å²) in [4.78, 5) is 0. The topological polar surface area (TPSA) is 25.2 Å². The van der Waals surface area contributed by atoms with Gasteiger partial charge in [0.25, 0.3) is 0 Å². The van der Waals surface area contributed by atoms with Crippen molar-refractivity contribution in [3.8, 4) is 0 Å². The third-order valence-corrected chi connectivity index (χ3v) is 4.59. The summed E-state index contributed by atoms with van der Waals surface area (Å²) in [6.45, 7) is 0.992. The summed E-state index contributed by atoms with van der Waals surface area (Å²) < 4.78 is 2.27. The van der Waals surface area contributed by atoms with Crippen molar-refractivity contribution in [2.24, 2.45) is 0 Å². The molecule has 0 saturated carbocycles. The van der Waals surface area contributed by atoms with Crippen molar-refractivity contribution in [2.45, 2.75) is 32.4 Å². The van der Waals surface area contributed by atoms with Gasteiger partial charge < -0.3 is 9.67 Å². The van der Waals surface area contributed by atoms with Crippen molar-refractivity contribution in [2.75, 3.05) is 0 Å². The van der Waals surface area contributed by atoms with Gasteiger partial charge in [-0.15, -0.1) is 0 Å². The number of rotatable bonds is 3. The van der Waals surface area contributed by atoms with Gasteiger partial charge in [-0.3, -0.25) is 0 Å². The fourth-order valence-corrected chi connectivity index (χ4v) is 3.48. The van der Waals surface area contributed by atoms with E-state index in [2.05, 4.69) is 41.1 Å². The summed E-state index contributed by atoms with van der Waals surface area (Å²) in [5.41, 5.74) is 6.61. The molecule has 1 heterocycles. The quantitative estimate of drug-likeness (QED) is 0.776. The fraction of sp³-hybridized carbons (Fsp3) is 0.263.